The van der Waals surface area contributed by atoms with Gasteiger partial charge in [0.15, 0.2) is 4.90 Å². The molecule has 0 aliphatic carbocycles. The van der Waals surface area contributed by atoms with Crippen molar-refractivity contribution in [1.82, 2.24) is 0 Å². The number of anilines is 1. The molecular weight excluding hydrogens is 272 g/mol. The van der Waals surface area contributed by atoms with E-state index in [0.717, 1.165) is 12.1 Å². The Hall–Kier alpha value is -1.81. The lowest BCUT2D eigenvalue weighted by molar-refractivity contribution is -0.386. The molecule has 0 saturated heterocycles. The van der Waals surface area contributed by atoms with Gasteiger partial charge >= 0.3 is 5.69 Å². The van der Waals surface area contributed by atoms with Gasteiger partial charge < -0.3 is 5.32 Å². The zero-order chi connectivity index (χ0) is 13.9. The van der Waals surface area contributed by atoms with E-state index in [4.69, 9.17) is 5.14 Å². The fourth-order valence-electron chi connectivity index (χ4n) is 1.27. The summed E-state index contributed by atoms with van der Waals surface area (Å²) in [5, 5.41) is 17.7. The van der Waals surface area contributed by atoms with Crippen LogP contribution >= 0.6 is 0 Å². The standard InChI is InChI=1S/C8H9F2N3O4S/c9-7(10)4-12-5-2-1-3-6(18(11,16)17)8(5)13(14)15/h1-3,7,12H,4H2,(H2,11,16,17). The quantitative estimate of drug-likeness (QED) is 0.615. The van der Waals surface area contributed by atoms with Crippen LogP contribution in [0.2, 0.25) is 0 Å². The second-order valence-electron chi connectivity index (χ2n) is 3.23. The summed E-state index contributed by atoms with van der Waals surface area (Å²) in [6, 6.07) is 3.22. The maximum atomic E-state index is 12.0. The molecule has 0 atom stereocenters. The summed E-state index contributed by atoms with van der Waals surface area (Å²) in [4.78, 5) is 9.07. The van der Waals surface area contributed by atoms with Crippen molar-refractivity contribution in [2.75, 3.05) is 11.9 Å². The number of alkyl halides is 2. The normalized spacial score (nSPS) is 11.6. The number of nitro groups is 1. The van der Waals surface area contributed by atoms with Gasteiger partial charge in [-0.2, -0.15) is 0 Å². The van der Waals surface area contributed by atoms with Crippen molar-refractivity contribution in [3.05, 3.63) is 28.3 Å². The van der Waals surface area contributed by atoms with Gasteiger partial charge in [-0.05, 0) is 12.1 Å². The molecule has 100 valence electrons. The van der Waals surface area contributed by atoms with Crippen LogP contribution in [0.15, 0.2) is 23.1 Å². The monoisotopic (exact) mass is 281 g/mol. The average Bonchev–Trinajstić information content (AvgIpc) is 2.24. The van der Waals surface area contributed by atoms with Gasteiger partial charge in [-0.15, -0.1) is 0 Å². The third kappa shape index (κ3) is 3.34. The zero-order valence-corrected chi connectivity index (χ0v) is 9.65. The molecule has 3 N–H and O–H groups in total. The molecule has 7 nitrogen and oxygen atoms in total. The molecular formula is C8H9F2N3O4S. The van der Waals surface area contributed by atoms with Crippen LogP contribution in [0.1, 0.15) is 0 Å². The number of hydrogen-bond acceptors (Lipinski definition) is 5. The summed E-state index contributed by atoms with van der Waals surface area (Å²) in [6.07, 6.45) is -2.73. The Morgan fingerprint density at radius 3 is 2.50 bits per heavy atom. The highest BCUT2D eigenvalue weighted by molar-refractivity contribution is 7.89. The number of benzene rings is 1. The van der Waals surface area contributed by atoms with Gasteiger partial charge in [0.1, 0.15) is 5.69 Å². The fraction of sp³-hybridized carbons (Fsp3) is 0.250. The average molecular weight is 281 g/mol. The minimum Gasteiger partial charge on any atom is -0.374 e. The van der Waals surface area contributed by atoms with E-state index in [1.807, 2.05) is 0 Å². The first-order valence-corrected chi connectivity index (χ1v) is 6.10. The van der Waals surface area contributed by atoms with Crippen molar-refractivity contribution in [1.29, 1.82) is 0 Å². The van der Waals surface area contributed by atoms with Crippen LogP contribution in [-0.2, 0) is 10.0 Å². The smallest absolute Gasteiger partial charge is 0.312 e. The molecule has 1 rings (SSSR count). The molecule has 0 aliphatic rings. The van der Waals surface area contributed by atoms with E-state index < -0.39 is 38.5 Å². The molecule has 0 saturated carbocycles. The summed E-state index contributed by atoms with van der Waals surface area (Å²) in [6.45, 7) is -0.838. The van der Waals surface area contributed by atoms with Crippen LogP contribution in [0.25, 0.3) is 0 Å². The summed E-state index contributed by atoms with van der Waals surface area (Å²) < 4.78 is 46.3. The lowest BCUT2D eigenvalue weighted by atomic mass is 10.2. The number of nitro benzene ring substituents is 1. The molecule has 0 spiro atoms. The third-order valence-electron chi connectivity index (χ3n) is 1.93. The van der Waals surface area contributed by atoms with Crippen LogP contribution < -0.4 is 10.5 Å². The van der Waals surface area contributed by atoms with Gasteiger partial charge in [0.25, 0.3) is 6.43 Å². The number of sulfonamides is 1. The van der Waals surface area contributed by atoms with Gasteiger partial charge in [-0.25, -0.2) is 22.3 Å². The third-order valence-corrected chi connectivity index (χ3v) is 2.88. The topological polar surface area (TPSA) is 115 Å². The molecule has 0 bridgehead atoms. The highest BCUT2D eigenvalue weighted by atomic mass is 32.2. The number of nitrogens with zero attached hydrogens (tertiary/aromatic N) is 1. The predicted octanol–water partition coefficient (Wildman–Crippen LogP) is 0.919. The summed E-state index contributed by atoms with van der Waals surface area (Å²) in [7, 11) is -4.31. The van der Waals surface area contributed by atoms with E-state index in [1.165, 1.54) is 6.07 Å². The van der Waals surface area contributed by atoms with E-state index in [0.29, 0.717) is 0 Å². The first-order valence-electron chi connectivity index (χ1n) is 4.55. The first kappa shape index (κ1) is 14.3. The zero-order valence-electron chi connectivity index (χ0n) is 8.84. The minimum atomic E-state index is -4.31. The van der Waals surface area contributed by atoms with E-state index in [9.17, 15) is 27.3 Å². The van der Waals surface area contributed by atoms with Crippen molar-refractivity contribution < 1.29 is 22.1 Å². The van der Waals surface area contributed by atoms with Crippen LogP contribution in [0.5, 0.6) is 0 Å². The molecule has 0 amide bonds. The van der Waals surface area contributed by atoms with Crippen LogP contribution in [0.3, 0.4) is 0 Å². The molecule has 0 fully saturated rings. The maximum Gasteiger partial charge on any atom is 0.312 e. The van der Waals surface area contributed by atoms with Crippen molar-refractivity contribution in [3.8, 4) is 0 Å². The SMILES string of the molecule is NS(=O)(=O)c1cccc(NCC(F)F)c1[N+](=O)[O-]. The van der Waals surface area contributed by atoms with E-state index in [1.54, 1.807) is 0 Å². The Kier molecular flexibility index (Phi) is 4.14. The summed E-state index contributed by atoms with van der Waals surface area (Å²) >= 11 is 0. The number of hydrogen-bond donors (Lipinski definition) is 2. The van der Waals surface area contributed by atoms with Crippen molar-refractivity contribution in [2.24, 2.45) is 5.14 Å². The number of halogens is 2. The molecule has 0 unspecified atom stereocenters. The Balaban J connectivity index is 3.31. The van der Waals surface area contributed by atoms with Crippen LogP contribution in [0.4, 0.5) is 20.2 Å². The van der Waals surface area contributed by atoms with Crippen LogP contribution in [-0.4, -0.2) is 26.3 Å². The van der Waals surface area contributed by atoms with E-state index >= 15 is 0 Å². The number of para-hydroxylation sites is 1. The Morgan fingerprint density at radius 1 is 1.44 bits per heavy atom. The molecule has 1 aromatic rings. The van der Waals surface area contributed by atoms with Gasteiger partial charge in [-0.3, -0.25) is 10.1 Å². The molecule has 0 heterocycles. The number of rotatable bonds is 5. The lowest BCUT2D eigenvalue weighted by Gasteiger charge is -2.08. The Labute approximate surface area is 101 Å². The molecule has 1 aromatic carbocycles. The van der Waals surface area contributed by atoms with Gasteiger partial charge in [-0.1, -0.05) is 6.07 Å². The second kappa shape index (κ2) is 5.23. The maximum absolute atomic E-state index is 12.0. The molecule has 0 aliphatic heterocycles. The van der Waals surface area contributed by atoms with Gasteiger partial charge in [0.2, 0.25) is 10.0 Å². The number of primary sulfonamides is 1. The Morgan fingerprint density at radius 2 is 2.06 bits per heavy atom. The first-order chi connectivity index (χ1) is 8.23. The fourth-order valence-corrected chi connectivity index (χ4v) is 1.99. The molecule has 18 heavy (non-hydrogen) atoms. The van der Waals surface area contributed by atoms with Crippen molar-refractivity contribution in [2.45, 2.75) is 11.3 Å². The van der Waals surface area contributed by atoms with Crippen LogP contribution in [0, 0.1) is 10.1 Å². The highest BCUT2D eigenvalue weighted by Gasteiger charge is 2.26. The number of nitrogens with one attached hydrogen (secondary N) is 1. The highest BCUT2D eigenvalue weighted by Crippen LogP contribution is 2.31. The van der Waals surface area contributed by atoms with Crippen molar-refractivity contribution in [3.63, 3.8) is 0 Å². The largest absolute Gasteiger partial charge is 0.374 e. The lowest BCUT2D eigenvalue weighted by Crippen LogP contribution is -2.17. The molecule has 0 radical (unpaired) electrons. The summed E-state index contributed by atoms with van der Waals surface area (Å²) in [5.41, 5.74) is -1.17. The second-order valence-corrected chi connectivity index (χ2v) is 4.76. The Bertz CT molecular complexity index is 561. The number of nitrogens with two attached hydrogens (primary N) is 1. The minimum absolute atomic E-state index is 0.327. The van der Waals surface area contributed by atoms with E-state index in [2.05, 4.69) is 5.32 Å². The van der Waals surface area contributed by atoms with E-state index in [-0.39, 0.29) is 5.69 Å². The van der Waals surface area contributed by atoms with Gasteiger partial charge in [0.05, 0.1) is 11.5 Å². The summed E-state index contributed by atoms with van der Waals surface area (Å²) in [5.74, 6) is 0. The molecule has 10 heteroatoms. The predicted molar refractivity (Wildman–Crippen MR) is 59.0 cm³/mol. The molecule has 0 aromatic heterocycles. The van der Waals surface area contributed by atoms with Crippen molar-refractivity contribution >= 4 is 21.4 Å². The van der Waals surface area contributed by atoms with Gasteiger partial charge in [0, 0.05) is 0 Å².